The van der Waals surface area contributed by atoms with E-state index in [-0.39, 0.29) is 17.5 Å². The third kappa shape index (κ3) is 4.87. The topological polar surface area (TPSA) is 111 Å². The highest BCUT2D eigenvalue weighted by Gasteiger charge is 2.28. The SMILES string of the molecule is Nc1ccc(Oc2ccc(NC(=O)NC3CCS(=O)(=O)C3)cc2)cc1. The van der Waals surface area contributed by atoms with Gasteiger partial charge in [-0.05, 0) is 55.0 Å². The van der Waals surface area contributed by atoms with Gasteiger partial charge in [0.1, 0.15) is 11.5 Å². The number of rotatable bonds is 4. The van der Waals surface area contributed by atoms with Gasteiger partial charge in [0.15, 0.2) is 9.84 Å². The van der Waals surface area contributed by atoms with Crippen LogP contribution in [0.4, 0.5) is 16.2 Å². The summed E-state index contributed by atoms with van der Waals surface area (Å²) in [4.78, 5) is 11.9. The highest BCUT2D eigenvalue weighted by Crippen LogP contribution is 2.23. The summed E-state index contributed by atoms with van der Waals surface area (Å²) in [5.74, 6) is 1.40. The molecule has 132 valence electrons. The van der Waals surface area contributed by atoms with Crippen LogP contribution in [0, 0.1) is 0 Å². The van der Waals surface area contributed by atoms with Crippen molar-refractivity contribution >= 4 is 27.2 Å². The molecular weight excluding hydrogens is 342 g/mol. The van der Waals surface area contributed by atoms with Crippen LogP contribution in [0.15, 0.2) is 48.5 Å². The molecule has 1 saturated heterocycles. The quantitative estimate of drug-likeness (QED) is 0.724. The average Bonchev–Trinajstić information content (AvgIpc) is 2.90. The van der Waals surface area contributed by atoms with Crippen molar-refractivity contribution in [3.8, 4) is 11.5 Å². The summed E-state index contributed by atoms with van der Waals surface area (Å²) in [6.07, 6.45) is 0.449. The average molecular weight is 361 g/mol. The van der Waals surface area contributed by atoms with E-state index in [0.29, 0.717) is 29.3 Å². The van der Waals surface area contributed by atoms with Crippen molar-refractivity contribution in [1.82, 2.24) is 5.32 Å². The Morgan fingerprint density at radius 2 is 1.64 bits per heavy atom. The standard InChI is InChI=1S/C17H19N3O4S/c18-12-1-5-15(6-2-12)24-16-7-3-13(4-8-16)19-17(21)20-14-9-10-25(22,23)11-14/h1-8,14H,9-11,18H2,(H2,19,20,21). The predicted molar refractivity (Wildman–Crippen MR) is 96.6 cm³/mol. The maximum absolute atomic E-state index is 11.9. The number of carbonyl (C=O) groups excluding carboxylic acids is 1. The Labute approximate surface area is 146 Å². The summed E-state index contributed by atoms with van der Waals surface area (Å²) in [6.45, 7) is 0. The number of nitrogens with two attached hydrogens (primary N) is 1. The molecule has 0 spiro atoms. The smallest absolute Gasteiger partial charge is 0.319 e. The second-order valence-electron chi connectivity index (χ2n) is 5.89. The summed E-state index contributed by atoms with van der Waals surface area (Å²) in [6, 6.07) is 13.1. The first-order valence-electron chi connectivity index (χ1n) is 7.81. The van der Waals surface area contributed by atoms with Crippen LogP contribution in [0.2, 0.25) is 0 Å². The molecule has 2 aromatic rings. The van der Waals surface area contributed by atoms with E-state index in [1.165, 1.54) is 0 Å². The number of carbonyl (C=O) groups is 1. The maximum Gasteiger partial charge on any atom is 0.319 e. The summed E-state index contributed by atoms with van der Waals surface area (Å²) in [5, 5.41) is 5.35. The molecule has 8 heteroatoms. The largest absolute Gasteiger partial charge is 0.457 e. The zero-order valence-corrected chi connectivity index (χ0v) is 14.3. The number of nitrogens with one attached hydrogen (secondary N) is 2. The van der Waals surface area contributed by atoms with E-state index in [4.69, 9.17) is 10.5 Å². The van der Waals surface area contributed by atoms with E-state index < -0.39 is 15.9 Å². The number of ether oxygens (including phenoxy) is 1. The van der Waals surface area contributed by atoms with Gasteiger partial charge in [0, 0.05) is 17.4 Å². The Kier molecular flexibility index (Phi) is 4.80. The first-order chi connectivity index (χ1) is 11.9. The lowest BCUT2D eigenvalue weighted by Crippen LogP contribution is -2.38. The van der Waals surface area contributed by atoms with Crippen molar-refractivity contribution < 1.29 is 17.9 Å². The molecular formula is C17H19N3O4S. The molecule has 1 fully saturated rings. The third-order valence-corrected chi connectivity index (χ3v) is 5.56. The van der Waals surface area contributed by atoms with Crippen LogP contribution in [0.25, 0.3) is 0 Å². The van der Waals surface area contributed by atoms with Gasteiger partial charge < -0.3 is 21.1 Å². The van der Waals surface area contributed by atoms with Gasteiger partial charge in [-0.2, -0.15) is 0 Å². The fourth-order valence-corrected chi connectivity index (χ4v) is 4.21. The lowest BCUT2D eigenvalue weighted by Gasteiger charge is -2.12. The number of anilines is 2. The maximum atomic E-state index is 11.9. The number of hydrogen-bond donors (Lipinski definition) is 3. The van der Waals surface area contributed by atoms with Gasteiger partial charge in [-0.25, -0.2) is 13.2 Å². The fourth-order valence-electron chi connectivity index (χ4n) is 2.54. The number of benzene rings is 2. The second-order valence-corrected chi connectivity index (χ2v) is 8.12. The molecule has 25 heavy (non-hydrogen) atoms. The molecule has 2 amide bonds. The van der Waals surface area contributed by atoms with Crippen molar-refractivity contribution in [2.75, 3.05) is 22.6 Å². The van der Waals surface area contributed by atoms with Gasteiger partial charge in [-0.1, -0.05) is 0 Å². The minimum atomic E-state index is -3.02. The number of nitrogen functional groups attached to an aromatic ring is 1. The number of urea groups is 1. The van der Waals surface area contributed by atoms with Crippen molar-refractivity contribution in [2.45, 2.75) is 12.5 Å². The lowest BCUT2D eigenvalue weighted by molar-refractivity contribution is 0.249. The lowest BCUT2D eigenvalue weighted by atomic mass is 10.2. The Morgan fingerprint density at radius 1 is 1.04 bits per heavy atom. The minimum Gasteiger partial charge on any atom is -0.457 e. The molecule has 0 saturated carbocycles. The zero-order chi connectivity index (χ0) is 17.9. The number of sulfone groups is 1. The first kappa shape index (κ1) is 17.1. The Hall–Kier alpha value is -2.74. The monoisotopic (exact) mass is 361 g/mol. The molecule has 0 radical (unpaired) electrons. The molecule has 0 bridgehead atoms. The molecule has 0 aromatic heterocycles. The van der Waals surface area contributed by atoms with Crippen LogP contribution in [0.3, 0.4) is 0 Å². The number of hydrogen-bond acceptors (Lipinski definition) is 5. The first-order valence-corrected chi connectivity index (χ1v) is 9.63. The van der Waals surface area contributed by atoms with Gasteiger partial charge in [0.2, 0.25) is 0 Å². The summed E-state index contributed by atoms with van der Waals surface area (Å²) >= 11 is 0. The van der Waals surface area contributed by atoms with E-state index in [1.807, 2.05) is 0 Å². The summed E-state index contributed by atoms with van der Waals surface area (Å²) in [7, 11) is -3.02. The van der Waals surface area contributed by atoms with Crippen LogP contribution in [0.1, 0.15) is 6.42 Å². The summed E-state index contributed by atoms with van der Waals surface area (Å²) < 4.78 is 28.5. The zero-order valence-electron chi connectivity index (χ0n) is 13.4. The number of amides is 2. The van der Waals surface area contributed by atoms with Gasteiger partial charge in [-0.3, -0.25) is 0 Å². The van der Waals surface area contributed by atoms with Crippen LogP contribution in [-0.2, 0) is 9.84 Å². The van der Waals surface area contributed by atoms with Gasteiger partial charge in [0.05, 0.1) is 11.5 Å². The normalized spacial score (nSPS) is 18.5. The molecule has 1 aliphatic rings. The molecule has 7 nitrogen and oxygen atoms in total. The Bertz CT molecular complexity index is 848. The fraction of sp³-hybridized carbons (Fsp3) is 0.235. The van der Waals surface area contributed by atoms with E-state index in [9.17, 15) is 13.2 Å². The van der Waals surface area contributed by atoms with E-state index in [2.05, 4.69) is 10.6 Å². The second kappa shape index (κ2) is 7.02. The van der Waals surface area contributed by atoms with Gasteiger partial charge in [-0.15, -0.1) is 0 Å². The summed E-state index contributed by atoms with van der Waals surface area (Å²) in [5.41, 5.74) is 6.87. The van der Waals surface area contributed by atoms with Crippen LogP contribution < -0.4 is 21.1 Å². The third-order valence-electron chi connectivity index (χ3n) is 3.80. The molecule has 0 aliphatic carbocycles. The molecule has 2 aromatic carbocycles. The highest BCUT2D eigenvalue weighted by molar-refractivity contribution is 7.91. The predicted octanol–water partition coefficient (Wildman–Crippen LogP) is 2.37. The van der Waals surface area contributed by atoms with Crippen LogP contribution >= 0.6 is 0 Å². The molecule has 1 atom stereocenters. The van der Waals surface area contributed by atoms with E-state index in [1.54, 1.807) is 48.5 Å². The Morgan fingerprint density at radius 3 is 2.20 bits per heavy atom. The minimum absolute atomic E-state index is 0.00517. The van der Waals surface area contributed by atoms with Crippen molar-refractivity contribution in [2.24, 2.45) is 0 Å². The molecule has 1 aliphatic heterocycles. The van der Waals surface area contributed by atoms with Gasteiger partial charge in [0.25, 0.3) is 0 Å². The Balaban J connectivity index is 1.53. The van der Waals surface area contributed by atoms with Crippen molar-refractivity contribution in [1.29, 1.82) is 0 Å². The molecule has 1 heterocycles. The van der Waals surface area contributed by atoms with Crippen LogP contribution in [-0.4, -0.2) is 32.0 Å². The van der Waals surface area contributed by atoms with E-state index >= 15 is 0 Å². The molecule has 1 unspecified atom stereocenters. The van der Waals surface area contributed by atoms with Gasteiger partial charge >= 0.3 is 6.03 Å². The van der Waals surface area contributed by atoms with Crippen molar-refractivity contribution in [3.63, 3.8) is 0 Å². The van der Waals surface area contributed by atoms with Crippen LogP contribution in [0.5, 0.6) is 11.5 Å². The molecule has 3 rings (SSSR count). The highest BCUT2D eigenvalue weighted by atomic mass is 32.2. The van der Waals surface area contributed by atoms with Crippen molar-refractivity contribution in [3.05, 3.63) is 48.5 Å². The van der Waals surface area contributed by atoms with E-state index in [0.717, 1.165) is 0 Å². The molecule has 4 N–H and O–H groups in total.